The van der Waals surface area contributed by atoms with Gasteiger partial charge < -0.3 is 10.6 Å². The van der Waals surface area contributed by atoms with E-state index in [1.165, 1.54) is 17.2 Å². The summed E-state index contributed by atoms with van der Waals surface area (Å²) in [5.74, 6) is 3.61. The number of nitrogens with one attached hydrogen (secondary N) is 2. The van der Waals surface area contributed by atoms with E-state index in [4.69, 9.17) is 18.1 Å². The molecule has 0 aromatic heterocycles. The molecule has 0 radical (unpaired) electrons. The number of hydrogen-bond donors (Lipinski definition) is 2. The number of hydrogen-bond acceptors (Lipinski definition) is 5. The first-order valence-corrected chi connectivity index (χ1v) is 12.2. The summed E-state index contributed by atoms with van der Waals surface area (Å²) < 4.78 is 14.5. The fraction of sp³-hybridized carbons (Fsp3) is 0.370. The zero-order valence-corrected chi connectivity index (χ0v) is 19.1. The third-order valence-corrected chi connectivity index (χ3v) is 8.53. The summed E-state index contributed by atoms with van der Waals surface area (Å²) >= 11 is 1.87. The number of terminal acetylenes is 2. The number of thioether (sulfide) groups is 1. The molecule has 0 amide bonds. The van der Waals surface area contributed by atoms with Crippen molar-refractivity contribution in [3.05, 3.63) is 58.9 Å². The Kier molecular flexibility index (Phi) is 5.81. The fourth-order valence-electron chi connectivity index (χ4n) is 5.60. The van der Waals surface area contributed by atoms with Crippen molar-refractivity contribution >= 4 is 11.8 Å². The third-order valence-electron chi connectivity index (χ3n) is 7.36. The minimum absolute atomic E-state index is 0.0661. The number of halogens is 1. The molecule has 2 N–H and O–H groups in total. The van der Waals surface area contributed by atoms with Crippen LogP contribution in [0.5, 0.6) is 0 Å². The third kappa shape index (κ3) is 3.77. The summed E-state index contributed by atoms with van der Waals surface area (Å²) in [4.78, 5) is 2.50. The lowest BCUT2D eigenvalue weighted by Crippen LogP contribution is -2.27. The van der Waals surface area contributed by atoms with Gasteiger partial charge in [0.05, 0.1) is 5.56 Å². The van der Waals surface area contributed by atoms with Crippen LogP contribution in [0.15, 0.2) is 36.4 Å². The summed E-state index contributed by atoms with van der Waals surface area (Å²) in [6.07, 6.45) is 12.4. The quantitative estimate of drug-likeness (QED) is 0.513. The van der Waals surface area contributed by atoms with Gasteiger partial charge in [0.1, 0.15) is 11.9 Å². The van der Waals surface area contributed by atoms with Gasteiger partial charge in [0.25, 0.3) is 0 Å². The van der Waals surface area contributed by atoms with Crippen LogP contribution in [0, 0.1) is 53.3 Å². The molecule has 0 spiro atoms. The van der Waals surface area contributed by atoms with Gasteiger partial charge in [-0.1, -0.05) is 30.7 Å². The SMILES string of the molecule is C#CNCC12CC1N(Cc1cccc(-c3ccc(C#N)c(F)c3)c1C1CNCS1)C[C@@H]2C#C. The van der Waals surface area contributed by atoms with Crippen LogP contribution in [0.1, 0.15) is 28.4 Å². The molecule has 4 nitrogen and oxygen atoms in total. The Labute approximate surface area is 198 Å². The molecule has 2 saturated heterocycles. The van der Waals surface area contributed by atoms with Gasteiger partial charge in [-0.2, -0.15) is 5.26 Å². The molecule has 33 heavy (non-hydrogen) atoms. The summed E-state index contributed by atoms with van der Waals surface area (Å²) in [6.45, 7) is 3.29. The van der Waals surface area contributed by atoms with E-state index in [9.17, 15) is 4.39 Å². The molecule has 1 saturated carbocycles. The van der Waals surface area contributed by atoms with Gasteiger partial charge in [0, 0.05) is 60.7 Å². The number of likely N-dealkylation sites (tertiary alicyclic amines) is 1. The number of nitrogens with zero attached hydrogens (tertiary/aromatic N) is 2. The molecule has 1 aliphatic carbocycles. The molecule has 6 heteroatoms. The molecule has 3 fully saturated rings. The van der Waals surface area contributed by atoms with E-state index in [2.05, 4.69) is 39.6 Å². The number of piperidine rings is 1. The lowest BCUT2D eigenvalue weighted by molar-refractivity contribution is 0.281. The lowest BCUT2D eigenvalue weighted by Gasteiger charge is -2.24. The predicted octanol–water partition coefficient (Wildman–Crippen LogP) is 3.70. The van der Waals surface area contributed by atoms with Crippen molar-refractivity contribution < 1.29 is 4.39 Å². The Morgan fingerprint density at radius 3 is 2.88 bits per heavy atom. The highest BCUT2D eigenvalue weighted by Crippen LogP contribution is 2.60. The highest BCUT2D eigenvalue weighted by Gasteiger charge is 2.65. The van der Waals surface area contributed by atoms with Crippen molar-refractivity contribution in [1.29, 1.82) is 5.26 Å². The Bertz CT molecular complexity index is 1200. The number of fused-ring (bicyclic) bond motifs is 1. The van der Waals surface area contributed by atoms with Gasteiger partial charge in [-0.3, -0.25) is 4.90 Å². The molecular weight excluding hydrogens is 431 g/mol. The molecule has 2 aliphatic heterocycles. The van der Waals surface area contributed by atoms with Crippen LogP contribution in [0.2, 0.25) is 0 Å². The molecule has 5 rings (SSSR count). The zero-order valence-electron chi connectivity index (χ0n) is 18.3. The smallest absolute Gasteiger partial charge is 0.141 e. The number of benzene rings is 2. The van der Waals surface area contributed by atoms with E-state index in [1.54, 1.807) is 6.07 Å². The number of rotatable bonds is 6. The highest BCUT2D eigenvalue weighted by atomic mass is 32.2. The first kappa shape index (κ1) is 21.9. The molecule has 2 aromatic rings. The van der Waals surface area contributed by atoms with Crippen molar-refractivity contribution in [3.8, 4) is 42.0 Å². The van der Waals surface area contributed by atoms with Crippen molar-refractivity contribution in [2.24, 2.45) is 11.3 Å². The van der Waals surface area contributed by atoms with Gasteiger partial charge in [-0.05, 0) is 40.8 Å². The second-order valence-electron chi connectivity index (χ2n) is 9.04. The maximum absolute atomic E-state index is 14.5. The average Bonchev–Trinajstić information content (AvgIpc) is 3.17. The van der Waals surface area contributed by atoms with E-state index >= 15 is 0 Å². The number of nitriles is 1. The minimum atomic E-state index is -0.483. The maximum atomic E-state index is 14.5. The summed E-state index contributed by atoms with van der Waals surface area (Å²) in [5, 5.41) is 15.9. The average molecular weight is 457 g/mol. The van der Waals surface area contributed by atoms with Gasteiger partial charge >= 0.3 is 0 Å². The first-order valence-electron chi connectivity index (χ1n) is 11.1. The highest BCUT2D eigenvalue weighted by molar-refractivity contribution is 7.99. The Morgan fingerprint density at radius 2 is 2.18 bits per heavy atom. The van der Waals surface area contributed by atoms with Crippen molar-refractivity contribution in [3.63, 3.8) is 0 Å². The summed E-state index contributed by atoms with van der Waals surface area (Å²) in [6, 6.07) is 16.1. The molecule has 3 unspecified atom stereocenters. The van der Waals surface area contributed by atoms with Gasteiger partial charge in [0.2, 0.25) is 0 Å². The van der Waals surface area contributed by atoms with E-state index in [-0.39, 0.29) is 22.1 Å². The van der Waals surface area contributed by atoms with Gasteiger partial charge in [0.15, 0.2) is 0 Å². The van der Waals surface area contributed by atoms with E-state index in [0.717, 1.165) is 49.6 Å². The topological polar surface area (TPSA) is 51.1 Å². The van der Waals surface area contributed by atoms with Gasteiger partial charge in [-0.15, -0.1) is 24.1 Å². The van der Waals surface area contributed by atoms with Gasteiger partial charge in [-0.25, -0.2) is 4.39 Å². The van der Waals surface area contributed by atoms with Crippen LogP contribution in [-0.4, -0.2) is 36.5 Å². The van der Waals surface area contributed by atoms with Crippen LogP contribution in [0.3, 0.4) is 0 Å². The Morgan fingerprint density at radius 1 is 1.30 bits per heavy atom. The normalized spacial score (nSPS) is 27.9. The second kappa shape index (κ2) is 8.77. The molecular formula is C27H25FN4S. The van der Waals surface area contributed by atoms with Crippen LogP contribution in [0.4, 0.5) is 4.39 Å². The summed E-state index contributed by atoms with van der Waals surface area (Å²) in [5.41, 5.74) is 4.46. The van der Waals surface area contributed by atoms with E-state index in [0.29, 0.717) is 6.04 Å². The Hall–Kier alpha value is -2.95. The van der Waals surface area contributed by atoms with Crippen LogP contribution < -0.4 is 10.6 Å². The lowest BCUT2D eigenvalue weighted by atomic mass is 9.91. The predicted molar refractivity (Wildman–Crippen MR) is 130 cm³/mol. The zero-order chi connectivity index (χ0) is 23.0. The standard InChI is InChI=1S/C27H25FN4S/c1-3-21-15-32(25-11-27(21,25)16-30-4-2)14-20-6-5-7-22(26(20)24-13-31-17-33-24)18-8-9-19(12-29)23(28)10-18/h1-2,5-10,21,24-25,30-31H,11,13-17H2/t21-,24?,25?,27?/m0/s1. The maximum Gasteiger partial charge on any atom is 0.141 e. The molecule has 2 aromatic carbocycles. The van der Waals surface area contributed by atoms with Crippen molar-refractivity contribution in [1.82, 2.24) is 15.5 Å². The van der Waals surface area contributed by atoms with Crippen LogP contribution in [-0.2, 0) is 6.54 Å². The fourth-order valence-corrected chi connectivity index (χ4v) is 6.72. The molecule has 3 aliphatic rings. The van der Waals surface area contributed by atoms with E-state index < -0.39 is 5.82 Å². The monoisotopic (exact) mass is 456 g/mol. The second-order valence-corrected chi connectivity index (χ2v) is 10.2. The van der Waals surface area contributed by atoms with Crippen molar-refractivity contribution in [2.75, 3.05) is 25.5 Å². The summed E-state index contributed by atoms with van der Waals surface area (Å²) in [7, 11) is 0. The van der Waals surface area contributed by atoms with E-state index in [1.807, 2.05) is 30.0 Å². The van der Waals surface area contributed by atoms with Crippen molar-refractivity contribution in [2.45, 2.75) is 24.3 Å². The Balaban J connectivity index is 1.50. The minimum Gasteiger partial charge on any atom is -0.345 e. The molecule has 4 atom stereocenters. The first-order chi connectivity index (χ1) is 16.1. The molecule has 0 bridgehead atoms. The van der Waals surface area contributed by atoms with Crippen LogP contribution in [0.25, 0.3) is 11.1 Å². The largest absolute Gasteiger partial charge is 0.345 e. The molecule has 166 valence electrons. The van der Waals surface area contributed by atoms with Crippen LogP contribution >= 0.6 is 11.8 Å². The molecule has 2 heterocycles.